The number of carbonyl (C=O) groups is 1. The zero-order chi connectivity index (χ0) is 16.1. The second-order valence-electron chi connectivity index (χ2n) is 6.47. The predicted octanol–water partition coefficient (Wildman–Crippen LogP) is 2.61. The first-order valence-electron chi connectivity index (χ1n) is 7.44. The number of amides is 1. The molecule has 0 fully saturated rings. The summed E-state index contributed by atoms with van der Waals surface area (Å²) in [6.07, 6.45) is 1.57. The van der Waals surface area contributed by atoms with Gasteiger partial charge in [0.1, 0.15) is 5.75 Å². The van der Waals surface area contributed by atoms with Crippen LogP contribution in [0.3, 0.4) is 0 Å². The second kappa shape index (κ2) is 6.94. The molecule has 1 aromatic rings. The van der Waals surface area contributed by atoms with Crippen molar-refractivity contribution in [2.24, 2.45) is 5.73 Å². The summed E-state index contributed by atoms with van der Waals surface area (Å²) in [5.74, 6) is 0.724. The molecule has 0 saturated carbocycles. The first kappa shape index (κ1) is 17.5. The van der Waals surface area contributed by atoms with E-state index in [1.807, 2.05) is 31.2 Å². The van der Waals surface area contributed by atoms with Crippen molar-refractivity contribution in [2.75, 3.05) is 13.7 Å². The van der Waals surface area contributed by atoms with Gasteiger partial charge in [-0.05, 0) is 31.0 Å². The largest absolute Gasteiger partial charge is 0.497 e. The lowest BCUT2D eigenvalue weighted by Gasteiger charge is -2.29. The van der Waals surface area contributed by atoms with E-state index in [2.05, 4.69) is 19.2 Å². The zero-order valence-corrected chi connectivity index (χ0v) is 13.8. The Balaban J connectivity index is 2.74. The van der Waals surface area contributed by atoms with Crippen molar-refractivity contribution in [2.45, 2.75) is 51.5 Å². The highest BCUT2D eigenvalue weighted by molar-refractivity contribution is 5.85. The molecule has 0 bridgehead atoms. The van der Waals surface area contributed by atoms with E-state index < -0.39 is 5.54 Å². The molecule has 1 aromatic carbocycles. The van der Waals surface area contributed by atoms with Crippen molar-refractivity contribution in [1.29, 1.82) is 0 Å². The standard InChI is InChI=1S/C17H28N2O2/c1-6-10-17(4,18)15(20)19-12-16(2,3)13-8-7-9-14(11-13)21-5/h7-9,11H,6,10,12,18H2,1-5H3,(H,19,20). The Morgan fingerprint density at radius 3 is 2.57 bits per heavy atom. The molecule has 0 aliphatic carbocycles. The van der Waals surface area contributed by atoms with Gasteiger partial charge in [0.15, 0.2) is 0 Å². The van der Waals surface area contributed by atoms with Crippen molar-refractivity contribution in [3.63, 3.8) is 0 Å². The number of methoxy groups -OCH3 is 1. The van der Waals surface area contributed by atoms with Crippen LogP contribution in [0.25, 0.3) is 0 Å². The molecule has 1 unspecified atom stereocenters. The van der Waals surface area contributed by atoms with Gasteiger partial charge in [-0.3, -0.25) is 4.79 Å². The molecule has 0 heterocycles. The van der Waals surface area contributed by atoms with Gasteiger partial charge in [-0.1, -0.05) is 39.3 Å². The van der Waals surface area contributed by atoms with Crippen molar-refractivity contribution in [1.82, 2.24) is 5.32 Å². The Kier molecular flexibility index (Phi) is 5.78. The van der Waals surface area contributed by atoms with E-state index in [1.165, 1.54) is 0 Å². The summed E-state index contributed by atoms with van der Waals surface area (Å²) in [7, 11) is 1.65. The molecule has 0 aromatic heterocycles. The predicted molar refractivity (Wildman–Crippen MR) is 86.5 cm³/mol. The summed E-state index contributed by atoms with van der Waals surface area (Å²) in [4.78, 5) is 12.2. The van der Waals surface area contributed by atoms with E-state index in [0.717, 1.165) is 17.7 Å². The normalized spacial score (nSPS) is 14.4. The average molecular weight is 292 g/mol. The third kappa shape index (κ3) is 4.74. The summed E-state index contributed by atoms with van der Waals surface area (Å²) in [5.41, 5.74) is 6.18. The lowest BCUT2D eigenvalue weighted by molar-refractivity contribution is -0.126. The molecule has 21 heavy (non-hydrogen) atoms. The number of ether oxygens (including phenoxy) is 1. The number of benzene rings is 1. The highest BCUT2D eigenvalue weighted by atomic mass is 16.5. The Bertz CT molecular complexity index is 481. The minimum Gasteiger partial charge on any atom is -0.497 e. The molecular formula is C17H28N2O2. The third-order valence-corrected chi connectivity index (χ3v) is 3.83. The van der Waals surface area contributed by atoms with Crippen LogP contribution in [0.4, 0.5) is 0 Å². The molecule has 4 heteroatoms. The van der Waals surface area contributed by atoms with Gasteiger partial charge in [-0.2, -0.15) is 0 Å². The molecule has 0 saturated heterocycles. The zero-order valence-electron chi connectivity index (χ0n) is 13.8. The number of carbonyl (C=O) groups excluding carboxylic acids is 1. The molecule has 0 aliphatic heterocycles. The van der Waals surface area contributed by atoms with E-state index in [0.29, 0.717) is 13.0 Å². The van der Waals surface area contributed by atoms with Crippen LogP contribution in [-0.2, 0) is 10.2 Å². The molecule has 1 rings (SSSR count). The fraction of sp³-hybridized carbons (Fsp3) is 0.588. The molecule has 3 N–H and O–H groups in total. The van der Waals surface area contributed by atoms with E-state index in [4.69, 9.17) is 10.5 Å². The topological polar surface area (TPSA) is 64.4 Å². The second-order valence-corrected chi connectivity index (χ2v) is 6.47. The van der Waals surface area contributed by atoms with E-state index in [1.54, 1.807) is 14.0 Å². The summed E-state index contributed by atoms with van der Waals surface area (Å²) in [6.45, 7) is 8.53. The number of nitrogens with one attached hydrogen (secondary N) is 1. The minimum atomic E-state index is -0.806. The quantitative estimate of drug-likeness (QED) is 0.812. The summed E-state index contributed by atoms with van der Waals surface area (Å²) < 4.78 is 5.25. The Morgan fingerprint density at radius 2 is 2.00 bits per heavy atom. The van der Waals surface area contributed by atoms with Gasteiger partial charge in [-0.25, -0.2) is 0 Å². The first-order valence-corrected chi connectivity index (χ1v) is 7.44. The first-order chi connectivity index (χ1) is 9.73. The average Bonchev–Trinajstić information content (AvgIpc) is 2.44. The van der Waals surface area contributed by atoms with E-state index in [9.17, 15) is 4.79 Å². The molecule has 1 amide bonds. The van der Waals surface area contributed by atoms with Crippen molar-refractivity contribution < 1.29 is 9.53 Å². The number of hydrogen-bond acceptors (Lipinski definition) is 3. The highest BCUT2D eigenvalue weighted by Crippen LogP contribution is 2.26. The maximum atomic E-state index is 12.2. The van der Waals surface area contributed by atoms with Gasteiger partial charge in [0.05, 0.1) is 12.6 Å². The summed E-state index contributed by atoms with van der Waals surface area (Å²) >= 11 is 0. The maximum Gasteiger partial charge on any atom is 0.239 e. The summed E-state index contributed by atoms with van der Waals surface area (Å²) in [6, 6.07) is 7.92. The van der Waals surface area contributed by atoms with E-state index in [-0.39, 0.29) is 11.3 Å². The maximum absolute atomic E-state index is 12.2. The molecular weight excluding hydrogens is 264 g/mol. The van der Waals surface area contributed by atoms with Crippen molar-refractivity contribution in [3.05, 3.63) is 29.8 Å². The van der Waals surface area contributed by atoms with Crippen LogP contribution < -0.4 is 15.8 Å². The third-order valence-electron chi connectivity index (χ3n) is 3.83. The van der Waals surface area contributed by atoms with Crippen LogP contribution in [0.2, 0.25) is 0 Å². The minimum absolute atomic E-state index is 0.0969. The van der Waals surface area contributed by atoms with Crippen LogP contribution >= 0.6 is 0 Å². The molecule has 0 aliphatic rings. The Morgan fingerprint density at radius 1 is 1.33 bits per heavy atom. The number of nitrogens with two attached hydrogens (primary N) is 1. The van der Waals surface area contributed by atoms with Gasteiger partial charge in [0, 0.05) is 12.0 Å². The van der Waals surface area contributed by atoms with Gasteiger partial charge in [0.25, 0.3) is 0 Å². The van der Waals surface area contributed by atoms with Gasteiger partial charge < -0.3 is 15.8 Å². The van der Waals surface area contributed by atoms with Crippen molar-refractivity contribution in [3.8, 4) is 5.75 Å². The van der Waals surface area contributed by atoms with Crippen LogP contribution in [0.5, 0.6) is 5.75 Å². The van der Waals surface area contributed by atoms with Gasteiger partial charge >= 0.3 is 0 Å². The molecule has 0 radical (unpaired) electrons. The smallest absolute Gasteiger partial charge is 0.239 e. The van der Waals surface area contributed by atoms with Crippen LogP contribution in [0.15, 0.2) is 24.3 Å². The summed E-state index contributed by atoms with van der Waals surface area (Å²) in [5, 5.41) is 2.98. The van der Waals surface area contributed by atoms with E-state index >= 15 is 0 Å². The fourth-order valence-electron chi connectivity index (χ4n) is 2.28. The lowest BCUT2D eigenvalue weighted by Crippen LogP contribution is -2.53. The Hall–Kier alpha value is -1.55. The molecule has 118 valence electrons. The molecule has 0 spiro atoms. The fourth-order valence-corrected chi connectivity index (χ4v) is 2.28. The van der Waals surface area contributed by atoms with Crippen LogP contribution in [0, 0.1) is 0 Å². The SMILES string of the molecule is CCCC(C)(N)C(=O)NCC(C)(C)c1cccc(OC)c1. The lowest BCUT2D eigenvalue weighted by atomic mass is 9.84. The van der Waals surface area contributed by atoms with Crippen LogP contribution in [0.1, 0.15) is 46.1 Å². The van der Waals surface area contributed by atoms with Gasteiger partial charge in [0.2, 0.25) is 5.91 Å². The Labute approximate surface area is 128 Å². The molecule has 1 atom stereocenters. The number of rotatable bonds is 7. The number of hydrogen-bond donors (Lipinski definition) is 2. The monoisotopic (exact) mass is 292 g/mol. The molecule has 4 nitrogen and oxygen atoms in total. The van der Waals surface area contributed by atoms with Gasteiger partial charge in [-0.15, -0.1) is 0 Å². The van der Waals surface area contributed by atoms with Crippen LogP contribution in [-0.4, -0.2) is 25.1 Å². The van der Waals surface area contributed by atoms with Crippen molar-refractivity contribution >= 4 is 5.91 Å². The highest BCUT2D eigenvalue weighted by Gasteiger charge is 2.29.